The van der Waals surface area contributed by atoms with Crippen molar-refractivity contribution in [2.24, 2.45) is 0 Å². The maximum atomic E-state index is 11.5. The van der Waals surface area contributed by atoms with Gasteiger partial charge in [-0.2, -0.15) is 0 Å². The summed E-state index contributed by atoms with van der Waals surface area (Å²) >= 11 is 5.11. The predicted molar refractivity (Wildman–Crippen MR) is 68.6 cm³/mol. The normalized spacial score (nSPS) is 10.0. The van der Waals surface area contributed by atoms with Gasteiger partial charge in [0.2, 0.25) is 0 Å². The van der Waals surface area contributed by atoms with Crippen LogP contribution in [0.25, 0.3) is 0 Å². The first-order valence-electron chi connectivity index (χ1n) is 4.09. The SMILES string of the molecule is O=C(CCBr)c1ccc([N+](=O)[O-])cc1I. The first kappa shape index (κ1) is 12.6. The van der Waals surface area contributed by atoms with E-state index in [1.165, 1.54) is 18.2 Å². The van der Waals surface area contributed by atoms with Gasteiger partial charge in [0, 0.05) is 33.0 Å². The van der Waals surface area contributed by atoms with Crippen molar-refractivity contribution in [3.05, 3.63) is 37.4 Å². The molecular weight excluding hydrogens is 377 g/mol. The van der Waals surface area contributed by atoms with E-state index < -0.39 is 4.92 Å². The summed E-state index contributed by atoms with van der Waals surface area (Å²) < 4.78 is 0.618. The Balaban J connectivity index is 3.03. The summed E-state index contributed by atoms with van der Waals surface area (Å²) in [7, 11) is 0. The molecule has 0 saturated heterocycles. The number of ketones is 1. The molecule has 0 atom stereocenters. The van der Waals surface area contributed by atoms with Gasteiger partial charge < -0.3 is 0 Å². The summed E-state index contributed by atoms with van der Waals surface area (Å²) in [6.07, 6.45) is 0.397. The van der Waals surface area contributed by atoms with Crippen molar-refractivity contribution < 1.29 is 9.72 Å². The molecule has 0 amide bonds. The van der Waals surface area contributed by atoms with Gasteiger partial charge in [0.15, 0.2) is 5.78 Å². The van der Waals surface area contributed by atoms with Crippen molar-refractivity contribution in [3.63, 3.8) is 0 Å². The molecule has 0 aromatic heterocycles. The molecule has 0 unspecified atom stereocenters. The van der Waals surface area contributed by atoms with Gasteiger partial charge in [-0.3, -0.25) is 14.9 Å². The molecule has 0 saturated carbocycles. The predicted octanol–water partition coefficient (Wildman–Crippen LogP) is 3.17. The molecule has 6 heteroatoms. The van der Waals surface area contributed by atoms with Gasteiger partial charge in [-0.25, -0.2) is 0 Å². The molecule has 0 heterocycles. The zero-order valence-electron chi connectivity index (χ0n) is 7.57. The molecule has 0 spiro atoms. The fraction of sp³-hybridized carbons (Fsp3) is 0.222. The average Bonchev–Trinajstić information content (AvgIpc) is 2.17. The standard InChI is InChI=1S/C9H7BrINO3/c10-4-3-9(13)7-2-1-6(12(14)15)5-8(7)11/h1-2,5H,3-4H2. The number of carbonyl (C=O) groups is 1. The molecule has 0 radical (unpaired) electrons. The van der Waals surface area contributed by atoms with Crippen molar-refractivity contribution in [3.8, 4) is 0 Å². The highest BCUT2D eigenvalue weighted by Crippen LogP contribution is 2.20. The summed E-state index contributed by atoms with van der Waals surface area (Å²) in [5.41, 5.74) is 0.551. The highest BCUT2D eigenvalue weighted by Gasteiger charge is 2.13. The van der Waals surface area contributed by atoms with Crippen LogP contribution in [0, 0.1) is 13.7 Å². The molecule has 15 heavy (non-hydrogen) atoms. The van der Waals surface area contributed by atoms with Crippen molar-refractivity contribution in [2.45, 2.75) is 6.42 Å². The first-order valence-corrected chi connectivity index (χ1v) is 6.29. The van der Waals surface area contributed by atoms with E-state index in [4.69, 9.17) is 0 Å². The maximum absolute atomic E-state index is 11.5. The summed E-state index contributed by atoms with van der Waals surface area (Å²) in [6, 6.07) is 4.26. The van der Waals surface area contributed by atoms with Crippen LogP contribution in [0.3, 0.4) is 0 Å². The van der Waals surface area contributed by atoms with Crippen LogP contribution in [0.5, 0.6) is 0 Å². The number of Topliss-reactive ketones (excluding diaryl/α,β-unsaturated/α-hetero) is 1. The lowest BCUT2D eigenvalue weighted by Gasteiger charge is -2.01. The second-order valence-corrected chi connectivity index (χ2v) is 4.74. The zero-order valence-corrected chi connectivity index (χ0v) is 11.3. The Bertz CT molecular complexity index is 408. The number of alkyl halides is 1. The van der Waals surface area contributed by atoms with Crippen LogP contribution in [0.4, 0.5) is 5.69 Å². The van der Waals surface area contributed by atoms with Gasteiger partial charge in [0.05, 0.1) is 4.92 Å². The second kappa shape index (κ2) is 5.55. The van der Waals surface area contributed by atoms with E-state index in [1.54, 1.807) is 0 Å². The van der Waals surface area contributed by atoms with Crippen molar-refractivity contribution in [1.29, 1.82) is 0 Å². The van der Waals surface area contributed by atoms with Gasteiger partial charge >= 0.3 is 0 Å². The van der Waals surface area contributed by atoms with Crippen molar-refractivity contribution in [2.75, 3.05) is 5.33 Å². The Morgan fingerprint density at radius 1 is 1.53 bits per heavy atom. The third kappa shape index (κ3) is 3.23. The third-order valence-corrected chi connectivity index (χ3v) is 3.07. The lowest BCUT2D eigenvalue weighted by atomic mass is 10.1. The van der Waals surface area contributed by atoms with E-state index in [0.29, 0.717) is 20.9 Å². The number of hydrogen-bond donors (Lipinski definition) is 0. The third-order valence-electron chi connectivity index (χ3n) is 1.79. The van der Waals surface area contributed by atoms with Gasteiger partial charge in [-0.05, 0) is 28.7 Å². The lowest BCUT2D eigenvalue weighted by molar-refractivity contribution is -0.384. The molecule has 0 bridgehead atoms. The largest absolute Gasteiger partial charge is 0.294 e. The first-order chi connectivity index (χ1) is 7.06. The van der Waals surface area contributed by atoms with E-state index in [1.807, 2.05) is 22.6 Å². The van der Waals surface area contributed by atoms with Gasteiger partial charge in [0.1, 0.15) is 0 Å². The van der Waals surface area contributed by atoms with Crippen molar-refractivity contribution >= 4 is 50.0 Å². The summed E-state index contributed by atoms with van der Waals surface area (Å²) in [6.45, 7) is 0. The number of nitro benzene ring substituents is 1. The Kier molecular flexibility index (Phi) is 4.65. The number of nitrogens with zero attached hydrogens (tertiary/aromatic N) is 1. The molecule has 4 nitrogen and oxygen atoms in total. The van der Waals surface area contributed by atoms with Gasteiger partial charge in [-0.1, -0.05) is 15.9 Å². The molecule has 0 aliphatic carbocycles. The molecular formula is C9H7BrINO3. The van der Waals surface area contributed by atoms with E-state index in [0.717, 1.165) is 0 Å². The quantitative estimate of drug-likeness (QED) is 0.264. The monoisotopic (exact) mass is 383 g/mol. The Hall–Kier alpha value is -0.500. The van der Waals surface area contributed by atoms with Crippen LogP contribution >= 0.6 is 38.5 Å². The van der Waals surface area contributed by atoms with Gasteiger partial charge in [-0.15, -0.1) is 0 Å². The number of rotatable bonds is 4. The molecule has 1 aromatic rings. The smallest absolute Gasteiger partial charge is 0.270 e. The Morgan fingerprint density at radius 2 is 2.20 bits per heavy atom. The number of non-ortho nitro benzene ring substituents is 1. The molecule has 1 rings (SSSR count). The molecule has 1 aromatic carbocycles. The summed E-state index contributed by atoms with van der Waals surface area (Å²) in [4.78, 5) is 21.5. The average molecular weight is 384 g/mol. The van der Waals surface area contributed by atoms with E-state index in [2.05, 4.69) is 15.9 Å². The van der Waals surface area contributed by atoms with Crippen LogP contribution in [-0.4, -0.2) is 16.0 Å². The molecule has 0 N–H and O–H groups in total. The van der Waals surface area contributed by atoms with E-state index >= 15 is 0 Å². The zero-order chi connectivity index (χ0) is 11.4. The molecule has 0 aliphatic heterocycles. The summed E-state index contributed by atoms with van der Waals surface area (Å²) in [5, 5.41) is 11.1. The second-order valence-electron chi connectivity index (χ2n) is 2.78. The van der Waals surface area contributed by atoms with Crippen LogP contribution in [0.1, 0.15) is 16.8 Å². The molecule has 0 aliphatic rings. The van der Waals surface area contributed by atoms with Crippen LogP contribution < -0.4 is 0 Å². The summed E-state index contributed by atoms with van der Waals surface area (Å²) in [5.74, 6) is -0.00817. The fourth-order valence-corrected chi connectivity index (χ4v) is 2.22. The number of halogens is 2. The number of nitro groups is 1. The lowest BCUT2D eigenvalue weighted by Crippen LogP contribution is -2.02. The number of carbonyl (C=O) groups excluding carboxylic acids is 1. The van der Waals surface area contributed by atoms with E-state index in [-0.39, 0.29) is 11.5 Å². The highest BCUT2D eigenvalue weighted by molar-refractivity contribution is 14.1. The Morgan fingerprint density at radius 3 is 2.67 bits per heavy atom. The van der Waals surface area contributed by atoms with Crippen LogP contribution in [-0.2, 0) is 0 Å². The minimum absolute atomic E-state index is 0.00817. The minimum atomic E-state index is -0.471. The topological polar surface area (TPSA) is 60.2 Å². The fourth-order valence-electron chi connectivity index (χ4n) is 1.06. The highest BCUT2D eigenvalue weighted by atomic mass is 127. The molecule has 0 fully saturated rings. The minimum Gasteiger partial charge on any atom is -0.294 e. The van der Waals surface area contributed by atoms with Crippen LogP contribution in [0.15, 0.2) is 18.2 Å². The van der Waals surface area contributed by atoms with Crippen molar-refractivity contribution in [1.82, 2.24) is 0 Å². The maximum Gasteiger partial charge on any atom is 0.270 e. The number of hydrogen-bond acceptors (Lipinski definition) is 3. The van der Waals surface area contributed by atoms with Crippen LogP contribution in [0.2, 0.25) is 0 Å². The molecule has 80 valence electrons. The Labute approximate surface area is 108 Å². The number of benzene rings is 1. The van der Waals surface area contributed by atoms with E-state index in [9.17, 15) is 14.9 Å². The van der Waals surface area contributed by atoms with Gasteiger partial charge in [0.25, 0.3) is 5.69 Å².